The molecule has 0 aliphatic carbocycles. The molecule has 0 radical (unpaired) electrons. The number of hydrogen-bond acceptors (Lipinski definition) is 4. The fraction of sp³-hybridized carbons (Fsp3) is 0. The van der Waals surface area contributed by atoms with Gasteiger partial charge in [-0.05, 0) is 6.07 Å². The molecule has 5 heteroatoms. The van der Waals surface area contributed by atoms with Crippen LogP contribution in [0.3, 0.4) is 0 Å². The minimum atomic E-state index is 0.0144. The summed E-state index contributed by atoms with van der Waals surface area (Å²) in [6.07, 6.45) is 0. The molecule has 1 aromatic carbocycles. The van der Waals surface area contributed by atoms with Crippen LogP contribution in [0.4, 0.5) is 5.95 Å². The summed E-state index contributed by atoms with van der Waals surface area (Å²) in [4.78, 5) is 20.6. The highest BCUT2D eigenvalue weighted by atomic mass is 32.1. The molecular formula is C12H9N3OS. The number of aromatic amines is 1. The van der Waals surface area contributed by atoms with E-state index < -0.39 is 0 Å². The van der Waals surface area contributed by atoms with E-state index >= 15 is 0 Å². The lowest BCUT2D eigenvalue weighted by Gasteiger charge is -1.95. The van der Waals surface area contributed by atoms with Crippen LogP contribution in [0.5, 0.6) is 0 Å². The van der Waals surface area contributed by atoms with E-state index in [4.69, 9.17) is 5.73 Å². The van der Waals surface area contributed by atoms with Gasteiger partial charge < -0.3 is 10.7 Å². The number of nitrogens with one attached hydrogen (secondary N) is 1. The van der Waals surface area contributed by atoms with Crippen LogP contribution in [-0.4, -0.2) is 15.8 Å². The Morgan fingerprint density at radius 2 is 2.06 bits per heavy atom. The van der Waals surface area contributed by atoms with Crippen molar-refractivity contribution in [3.63, 3.8) is 0 Å². The number of thiophene rings is 1. The largest absolute Gasteiger partial charge is 0.369 e. The molecule has 0 aliphatic heterocycles. The quantitative estimate of drug-likeness (QED) is 0.679. The maximum Gasteiger partial charge on any atom is 0.203 e. The van der Waals surface area contributed by atoms with Gasteiger partial charge in [0.1, 0.15) is 4.83 Å². The van der Waals surface area contributed by atoms with Crippen LogP contribution in [0.2, 0.25) is 0 Å². The lowest BCUT2D eigenvalue weighted by molar-refractivity contribution is 0.104. The molecule has 0 spiro atoms. The van der Waals surface area contributed by atoms with Gasteiger partial charge in [-0.25, -0.2) is 4.98 Å². The van der Waals surface area contributed by atoms with Gasteiger partial charge in [-0.2, -0.15) is 0 Å². The van der Waals surface area contributed by atoms with Crippen molar-refractivity contribution in [1.82, 2.24) is 9.97 Å². The van der Waals surface area contributed by atoms with Crippen LogP contribution in [-0.2, 0) is 0 Å². The van der Waals surface area contributed by atoms with Crippen LogP contribution in [0.25, 0.3) is 10.3 Å². The lowest BCUT2D eigenvalue weighted by Crippen LogP contribution is -1.97. The predicted molar refractivity (Wildman–Crippen MR) is 68.3 cm³/mol. The first-order chi connectivity index (χ1) is 8.24. The van der Waals surface area contributed by atoms with Crippen molar-refractivity contribution in [1.29, 1.82) is 0 Å². The Hall–Kier alpha value is -2.14. The highest BCUT2D eigenvalue weighted by Gasteiger charge is 2.14. The number of hydrogen-bond donors (Lipinski definition) is 2. The van der Waals surface area contributed by atoms with E-state index in [0.29, 0.717) is 16.4 Å². The van der Waals surface area contributed by atoms with E-state index in [2.05, 4.69) is 9.97 Å². The maximum absolute atomic E-state index is 12.1. The number of H-pyrrole nitrogens is 1. The Bertz CT molecular complexity index is 653. The zero-order valence-corrected chi connectivity index (χ0v) is 9.62. The normalized spacial score (nSPS) is 10.8. The Morgan fingerprint density at radius 3 is 2.76 bits per heavy atom. The number of nitrogens with two attached hydrogens (primary N) is 1. The topological polar surface area (TPSA) is 71.8 Å². The summed E-state index contributed by atoms with van der Waals surface area (Å²) in [7, 11) is 0. The van der Waals surface area contributed by atoms with Gasteiger partial charge in [0.2, 0.25) is 5.78 Å². The molecule has 0 saturated carbocycles. The molecule has 3 N–H and O–H groups in total. The number of imidazole rings is 1. The third-order valence-corrected chi connectivity index (χ3v) is 3.48. The van der Waals surface area contributed by atoms with Gasteiger partial charge in [0.25, 0.3) is 0 Å². The van der Waals surface area contributed by atoms with Gasteiger partial charge in [-0.15, -0.1) is 11.3 Å². The highest BCUT2D eigenvalue weighted by Crippen LogP contribution is 2.26. The molecule has 17 heavy (non-hydrogen) atoms. The third-order valence-electron chi connectivity index (χ3n) is 2.46. The smallest absolute Gasteiger partial charge is 0.203 e. The molecule has 0 atom stereocenters. The summed E-state index contributed by atoms with van der Waals surface area (Å²) in [6.45, 7) is 0. The molecule has 0 bridgehead atoms. The lowest BCUT2D eigenvalue weighted by atomic mass is 10.1. The van der Waals surface area contributed by atoms with Crippen molar-refractivity contribution in [3.05, 3.63) is 46.8 Å². The number of rotatable bonds is 2. The van der Waals surface area contributed by atoms with Crippen LogP contribution in [0.1, 0.15) is 15.2 Å². The Kier molecular flexibility index (Phi) is 2.19. The standard InChI is InChI=1S/C12H9N3OS/c13-12-14-8-6-9(17-11(8)15-12)10(16)7-4-2-1-3-5-7/h1-6H,(H3,13,14,15). The number of anilines is 1. The van der Waals surface area contributed by atoms with Gasteiger partial charge in [0, 0.05) is 5.56 Å². The molecule has 4 nitrogen and oxygen atoms in total. The van der Waals surface area contributed by atoms with E-state index in [1.165, 1.54) is 11.3 Å². The van der Waals surface area contributed by atoms with Crippen LogP contribution >= 0.6 is 11.3 Å². The van der Waals surface area contributed by atoms with E-state index in [-0.39, 0.29) is 5.78 Å². The van der Waals surface area contributed by atoms with Crippen molar-refractivity contribution in [2.75, 3.05) is 5.73 Å². The van der Waals surface area contributed by atoms with Crippen LogP contribution < -0.4 is 5.73 Å². The van der Waals surface area contributed by atoms with Gasteiger partial charge >= 0.3 is 0 Å². The molecule has 0 unspecified atom stereocenters. The zero-order chi connectivity index (χ0) is 11.8. The van der Waals surface area contributed by atoms with E-state index in [1.807, 2.05) is 18.2 Å². The van der Waals surface area contributed by atoms with E-state index in [0.717, 1.165) is 10.3 Å². The molecule has 2 aromatic heterocycles. The monoisotopic (exact) mass is 243 g/mol. The fourth-order valence-corrected chi connectivity index (χ4v) is 2.63. The van der Waals surface area contributed by atoms with Gasteiger partial charge in [0.05, 0.1) is 10.4 Å². The molecule has 0 amide bonds. The predicted octanol–water partition coefficient (Wildman–Crippen LogP) is 2.44. The van der Waals surface area contributed by atoms with Gasteiger partial charge in [0.15, 0.2) is 5.95 Å². The minimum Gasteiger partial charge on any atom is -0.369 e. The van der Waals surface area contributed by atoms with Crippen LogP contribution in [0.15, 0.2) is 36.4 Å². The number of nitrogens with zero attached hydrogens (tertiary/aromatic N) is 1. The van der Waals surface area contributed by atoms with Crippen molar-refractivity contribution < 1.29 is 4.79 Å². The first-order valence-electron chi connectivity index (χ1n) is 5.09. The Morgan fingerprint density at radius 1 is 1.29 bits per heavy atom. The molecule has 0 fully saturated rings. The highest BCUT2D eigenvalue weighted by molar-refractivity contribution is 7.20. The third kappa shape index (κ3) is 1.70. The second kappa shape index (κ2) is 3.71. The zero-order valence-electron chi connectivity index (χ0n) is 8.81. The summed E-state index contributed by atoms with van der Waals surface area (Å²) in [5.74, 6) is 0.394. The summed E-state index contributed by atoms with van der Waals surface area (Å²) >= 11 is 1.35. The number of carbonyl (C=O) groups excluding carboxylic acids is 1. The van der Waals surface area contributed by atoms with Crippen molar-refractivity contribution in [2.24, 2.45) is 0 Å². The molecule has 84 valence electrons. The van der Waals surface area contributed by atoms with Gasteiger partial charge in [-0.1, -0.05) is 30.3 Å². The number of ketones is 1. The number of carbonyl (C=O) groups is 1. The number of benzene rings is 1. The maximum atomic E-state index is 12.1. The molecule has 2 heterocycles. The average molecular weight is 243 g/mol. The number of fused-ring (bicyclic) bond motifs is 1. The Balaban J connectivity index is 2.04. The first kappa shape index (κ1) is 10.0. The fourth-order valence-electron chi connectivity index (χ4n) is 1.67. The van der Waals surface area contributed by atoms with Crippen molar-refractivity contribution in [3.8, 4) is 0 Å². The van der Waals surface area contributed by atoms with Crippen LogP contribution in [0, 0.1) is 0 Å². The molecule has 0 saturated heterocycles. The molecule has 0 aliphatic rings. The Labute approximate surface area is 101 Å². The van der Waals surface area contributed by atoms with E-state index in [1.54, 1.807) is 18.2 Å². The summed E-state index contributed by atoms with van der Waals surface area (Å²) in [6, 6.07) is 11.0. The number of aromatic nitrogens is 2. The second-order valence-corrected chi connectivity index (χ2v) is 4.68. The van der Waals surface area contributed by atoms with Gasteiger partial charge in [-0.3, -0.25) is 4.79 Å². The first-order valence-corrected chi connectivity index (χ1v) is 5.90. The molecular weight excluding hydrogens is 234 g/mol. The minimum absolute atomic E-state index is 0.0144. The van der Waals surface area contributed by atoms with Crippen molar-refractivity contribution >= 4 is 33.4 Å². The number of nitrogen functional groups attached to an aromatic ring is 1. The van der Waals surface area contributed by atoms with E-state index in [9.17, 15) is 4.79 Å². The SMILES string of the molecule is Nc1nc2sc(C(=O)c3ccccc3)cc2[nH]1. The van der Waals surface area contributed by atoms with Crippen molar-refractivity contribution in [2.45, 2.75) is 0 Å². The summed E-state index contributed by atoms with van der Waals surface area (Å²) < 4.78 is 0. The summed E-state index contributed by atoms with van der Waals surface area (Å²) in [5, 5.41) is 0. The summed E-state index contributed by atoms with van der Waals surface area (Å²) in [5.41, 5.74) is 7.02. The average Bonchev–Trinajstić information content (AvgIpc) is 2.86. The second-order valence-electron chi connectivity index (χ2n) is 3.65. The molecule has 3 rings (SSSR count). The molecule has 3 aromatic rings.